The van der Waals surface area contributed by atoms with Gasteiger partial charge in [0.2, 0.25) is 5.91 Å². The number of hydrogen-bond acceptors (Lipinski definition) is 3. The topological polar surface area (TPSA) is 58.4 Å². The molecule has 1 amide bonds. The van der Waals surface area contributed by atoms with Crippen molar-refractivity contribution in [2.75, 3.05) is 20.6 Å². The molecule has 0 aromatic heterocycles. The molecule has 116 valence electrons. The van der Waals surface area contributed by atoms with Gasteiger partial charge in [0.05, 0.1) is 10.4 Å². The monoisotopic (exact) mass is 299 g/mol. The fraction of sp³-hybridized carbons (Fsp3) is 0.867. The highest BCUT2D eigenvalue weighted by atomic mass is 32.1. The fourth-order valence-corrected chi connectivity index (χ4v) is 2.84. The second-order valence-electron chi connectivity index (χ2n) is 6.75. The van der Waals surface area contributed by atoms with E-state index in [1.165, 1.54) is 12.8 Å². The van der Waals surface area contributed by atoms with E-state index in [0.717, 1.165) is 25.7 Å². The molecule has 0 unspecified atom stereocenters. The van der Waals surface area contributed by atoms with Gasteiger partial charge in [-0.15, -0.1) is 0 Å². The van der Waals surface area contributed by atoms with E-state index in [9.17, 15) is 4.79 Å². The first-order valence-electron chi connectivity index (χ1n) is 7.48. The van der Waals surface area contributed by atoms with E-state index in [2.05, 4.69) is 24.1 Å². The molecule has 20 heavy (non-hydrogen) atoms. The Morgan fingerprint density at radius 1 is 1.25 bits per heavy atom. The summed E-state index contributed by atoms with van der Waals surface area (Å²) in [6, 6.07) is 0. The maximum Gasteiger partial charge on any atom is 0.233 e. The maximum atomic E-state index is 12.7. The second kappa shape index (κ2) is 6.85. The van der Waals surface area contributed by atoms with Crippen LogP contribution in [0.1, 0.15) is 52.4 Å². The summed E-state index contributed by atoms with van der Waals surface area (Å²) in [6.45, 7) is 4.81. The molecule has 5 heteroatoms. The molecule has 0 radical (unpaired) electrons. The minimum Gasteiger partial charge on any atom is -0.392 e. The van der Waals surface area contributed by atoms with Crippen LogP contribution in [0.3, 0.4) is 0 Å². The van der Waals surface area contributed by atoms with Gasteiger partial charge in [-0.1, -0.05) is 37.9 Å². The predicted octanol–water partition coefficient (Wildman–Crippen LogP) is 2.07. The molecule has 0 saturated heterocycles. The first-order chi connectivity index (χ1) is 9.22. The number of amides is 1. The van der Waals surface area contributed by atoms with Gasteiger partial charge in [0.25, 0.3) is 0 Å². The molecular formula is C15H29N3OS. The van der Waals surface area contributed by atoms with Crippen LogP contribution in [-0.4, -0.2) is 42.0 Å². The van der Waals surface area contributed by atoms with Gasteiger partial charge in [-0.2, -0.15) is 0 Å². The normalized spacial score (nSPS) is 19.4. The van der Waals surface area contributed by atoms with Crippen LogP contribution in [0.4, 0.5) is 0 Å². The number of nitrogens with one attached hydrogen (secondary N) is 1. The van der Waals surface area contributed by atoms with Gasteiger partial charge in [-0.3, -0.25) is 4.79 Å². The molecule has 3 N–H and O–H groups in total. The summed E-state index contributed by atoms with van der Waals surface area (Å²) >= 11 is 5.23. The Morgan fingerprint density at radius 2 is 1.75 bits per heavy atom. The largest absolute Gasteiger partial charge is 0.392 e. The molecular weight excluding hydrogens is 270 g/mol. The zero-order chi connectivity index (χ0) is 15.4. The molecule has 1 aliphatic rings. The Morgan fingerprint density at radius 3 is 2.15 bits per heavy atom. The van der Waals surface area contributed by atoms with Gasteiger partial charge < -0.3 is 16.0 Å². The minimum atomic E-state index is -0.631. The lowest BCUT2D eigenvalue weighted by Gasteiger charge is -2.36. The van der Waals surface area contributed by atoms with E-state index in [0.29, 0.717) is 11.5 Å². The lowest BCUT2D eigenvalue weighted by Crippen LogP contribution is -2.54. The van der Waals surface area contributed by atoms with Crippen LogP contribution in [-0.2, 0) is 4.79 Å². The van der Waals surface area contributed by atoms with Crippen molar-refractivity contribution in [1.29, 1.82) is 0 Å². The lowest BCUT2D eigenvalue weighted by molar-refractivity contribution is -0.128. The molecule has 0 aromatic carbocycles. The quantitative estimate of drug-likeness (QED) is 0.603. The Labute approximate surface area is 128 Å². The first-order valence-corrected chi connectivity index (χ1v) is 7.89. The molecule has 0 atom stereocenters. The van der Waals surface area contributed by atoms with Crippen molar-refractivity contribution in [3.63, 3.8) is 0 Å². The smallest absolute Gasteiger partial charge is 0.233 e. The summed E-state index contributed by atoms with van der Waals surface area (Å²) in [5, 5.41) is 3.08. The van der Waals surface area contributed by atoms with Gasteiger partial charge in [0.15, 0.2) is 0 Å². The zero-order valence-electron chi connectivity index (χ0n) is 13.3. The van der Waals surface area contributed by atoms with Gasteiger partial charge in [0, 0.05) is 12.1 Å². The third kappa shape index (κ3) is 3.92. The van der Waals surface area contributed by atoms with E-state index < -0.39 is 5.41 Å². The van der Waals surface area contributed by atoms with E-state index in [-0.39, 0.29) is 11.4 Å². The number of thiocarbonyl (C=S) groups is 1. The molecule has 1 fully saturated rings. The number of nitrogens with two attached hydrogens (primary N) is 1. The van der Waals surface area contributed by atoms with Crippen molar-refractivity contribution < 1.29 is 4.79 Å². The lowest BCUT2D eigenvalue weighted by atomic mass is 9.79. The minimum absolute atomic E-state index is 0.0156. The molecule has 1 rings (SSSR count). The highest BCUT2D eigenvalue weighted by molar-refractivity contribution is 7.80. The number of likely N-dealkylation sites (N-methyl/N-ethyl adjacent to an activating group) is 1. The van der Waals surface area contributed by atoms with E-state index in [1.54, 1.807) is 0 Å². The molecule has 0 spiro atoms. The van der Waals surface area contributed by atoms with E-state index in [1.807, 2.05) is 14.1 Å². The third-order valence-electron chi connectivity index (χ3n) is 4.76. The Balaban J connectivity index is 2.77. The van der Waals surface area contributed by atoms with Crippen molar-refractivity contribution >= 4 is 23.1 Å². The van der Waals surface area contributed by atoms with Crippen molar-refractivity contribution in [1.82, 2.24) is 10.2 Å². The van der Waals surface area contributed by atoms with Crippen molar-refractivity contribution in [2.24, 2.45) is 11.1 Å². The molecule has 0 aromatic rings. The summed E-state index contributed by atoms with van der Waals surface area (Å²) < 4.78 is 0. The molecule has 0 heterocycles. The van der Waals surface area contributed by atoms with Crippen LogP contribution in [0.5, 0.6) is 0 Å². The van der Waals surface area contributed by atoms with E-state index >= 15 is 0 Å². The summed E-state index contributed by atoms with van der Waals surface area (Å²) in [5.41, 5.74) is 5.22. The SMILES string of the molecule is CN(C)C(C)(C)CNC(=O)C1(C(N)=S)CCCCCC1. The average Bonchev–Trinajstić information content (AvgIpc) is 2.62. The summed E-state index contributed by atoms with van der Waals surface area (Å²) in [5.74, 6) is 0.0156. The number of nitrogens with zero attached hydrogens (tertiary/aromatic N) is 1. The molecule has 1 saturated carbocycles. The number of rotatable bonds is 5. The van der Waals surface area contributed by atoms with Crippen molar-refractivity contribution in [3.05, 3.63) is 0 Å². The average molecular weight is 299 g/mol. The van der Waals surface area contributed by atoms with Gasteiger partial charge in [-0.05, 0) is 40.8 Å². The van der Waals surface area contributed by atoms with Crippen LogP contribution < -0.4 is 11.1 Å². The van der Waals surface area contributed by atoms with Crippen LogP contribution in [0.25, 0.3) is 0 Å². The van der Waals surface area contributed by atoms with Gasteiger partial charge in [-0.25, -0.2) is 0 Å². The van der Waals surface area contributed by atoms with Crippen LogP contribution >= 0.6 is 12.2 Å². The van der Waals surface area contributed by atoms with Crippen molar-refractivity contribution in [2.45, 2.75) is 57.9 Å². The Bertz CT molecular complexity index is 358. The second-order valence-corrected chi connectivity index (χ2v) is 7.19. The molecule has 0 aliphatic heterocycles. The van der Waals surface area contributed by atoms with E-state index in [4.69, 9.17) is 18.0 Å². The number of carbonyl (C=O) groups excluding carboxylic acids is 1. The maximum absolute atomic E-state index is 12.7. The highest BCUT2D eigenvalue weighted by Crippen LogP contribution is 2.35. The van der Waals surface area contributed by atoms with Crippen molar-refractivity contribution in [3.8, 4) is 0 Å². The Hall–Kier alpha value is -0.680. The molecule has 4 nitrogen and oxygen atoms in total. The zero-order valence-corrected chi connectivity index (χ0v) is 14.1. The molecule has 1 aliphatic carbocycles. The summed E-state index contributed by atoms with van der Waals surface area (Å²) in [6.07, 6.45) is 5.97. The molecule has 0 bridgehead atoms. The Kier molecular flexibility index (Phi) is 5.95. The highest BCUT2D eigenvalue weighted by Gasteiger charge is 2.41. The predicted molar refractivity (Wildman–Crippen MR) is 87.7 cm³/mol. The van der Waals surface area contributed by atoms with Crippen LogP contribution in [0.15, 0.2) is 0 Å². The number of carbonyl (C=O) groups is 1. The van der Waals surface area contributed by atoms with Crippen LogP contribution in [0, 0.1) is 5.41 Å². The van der Waals surface area contributed by atoms with Gasteiger partial charge in [0.1, 0.15) is 0 Å². The fourth-order valence-electron chi connectivity index (χ4n) is 2.54. The summed E-state index contributed by atoms with van der Waals surface area (Å²) in [4.78, 5) is 15.2. The standard InChI is InChI=1S/C15H29N3OS/c1-14(2,18(3)4)11-17-13(19)15(12(16)20)9-7-5-6-8-10-15/h5-11H2,1-4H3,(H2,16,20)(H,17,19). The number of hydrogen-bond donors (Lipinski definition) is 2. The van der Waals surface area contributed by atoms with Crippen LogP contribution in [0.2, 0.25) is 0 Å². The third-order valence-corrected chi connectivity index (χ3v) is 5.15. The first kappa shape index (κ1) is 17.4. The van der Waals surface area contributed by atoms with Gasteiger partial charge >= 0.3 is 0 Å². The summed E-state index contributed by atoms with van der Waals surface area (Å²) in [7, 11) is 4.03.